The molecule has 0 saturated heterocycles. The average molecular weight is 416 g/mol. The normalized spacial score (nSPS) is 13.0. The summed E-state index contributed by atoms with van der Waals surface area (Å²) >= 11 is 0. The Morgan fingerprint density at radius 2 is 1.52 bits per heavy atom. The second-order valence-electron chi connectivity index (χ2n) is 7.27. The molecule has 3 aromatic carbocycles. The van der Waals surface area contributed by atoms with E-state index in [-0.39, 0.29) is 18.2 Å². The van der Waals surface area contributed by atoms with E-state index < -0.39 is 24.5 Å². The van der Waals surface area contributed by atoms with Crippen molar-refractivity contribution >= 4 is 17.7 Å². The van der Waals surface area contributed by atoms with Crippen molar-refractivity contribution in [3.8, 4) is 11.1 Å². The zero-order valence-electron chi connectivity index (χ0n) is 16.5. The summed E-state index contributed by atoms with van der Waals surface area (Å²) in [7, 11) is 0. The molecule has 0 spiro atoms. The van der Waals surface area contributed by atoms with Crippen LogP contribution in [0.25, 0.3) is 11.1 Å². The fraction of sp³-hybridized carbons (Fsp3) is 0.167. The number of carbonyl (C=O) groups is 2. The Balaban J connectivity index is 1.50. The minimum atomic E-state index is -1.12. The number of nitroso groups, excluding NO2 is 1. The number of nitrogens with one attached hydrogen (secondary N) is 1. The number of hydrogen-bond acceptors (Lipinski definition) is 5. The Bertz CT molecular complexity index is 1100. The number of hydrogen-bond donors (Lipinski definition) is 2. The van der Waals surface area contributed by atoms with Gasteiger partial charge in [-0.05, 0) is 28.3 Å². The molecule has 2 N–H and O–H groups in total. The van der Waals surface area contributed by atoms with Gasteiger partial charge >= 0.3 is 22.9 Å². The quantitative estimate of drug-likeness (QED) is 0.591. The lowest BCUT2D eigenvalue weighted by Crippen LogP contribution is -2.32. The van der Waals surface area contributed by atoms with Gasteiger partial charge in [0.2, 0.25) is 0 Å². The van der Waals surface area contributed by atoms with Crippen LogP contribution in [0.15, 0.2) is 72.8 Å². The summed E-state index contributed by atoms with van der Waals surface area (Å²) in [6.45, 7) is 0.104. The first-order valence-electron chi connectivity index (χ1n) is 9.84. The molecule has 0 heterocycles. The fourth-order valence-corrected chi connectivity index (χ4v) is 4.06. The van der Waals surface area contributed by atoms with Gasteiger partial charge in [0, 0.05) is 12.0 Å². The summed E-state index contributed by atoms with van der Waals surface area (Å²) in [6.07, 6.45) is -1.16. The minimum absolute atomic E-state index is 0.0766. The van der Waals surface area contributed by atoms with Crippen LogP contribution < -0.4 is 10.5 Å². The van der Waals surface area contributed by atoms with Crippen LogP contribution in [-0.2, 0) is 9.53 Å². The van der Waals surface area contributed by atoms with Crippen LogP contribution in [0, 0.1) is 4.91 Å². The van der Waals surface area contributed by atoms with Crippen molar-refractivity contribution in [2.75, 3.05) is 6.61 Å². The number of carboxylic acid groups (broad SMARTS) is 1. The third-order valence-electron chi connectivity index (χ3n) is 5.43. The second kappa shape index (κ2) is 8.79. The van der Waals surface area contributed by atoms with Crippen LogP contribution in [-0.4, -0.2) is 23.8 Å². The van der Waals surface area contributed by atoms with Crippen LogP contribution in [0.2, 0.25) is 0 Å². The van der Waals surface area contributed by atoms with Gasteiger partial charge in [-0.1, -0.05) is 60.7 Å². The molecule has 1 aliphatic carbocycles. The summed E-state index contributed by atoms with van der Waals surface area (Å²) < 4.78 is 5.50. The molecule has 7 nitrogen and oxygen atoms in total. The Kier molecular flexibility index (Phi) is 5.75. The summed E-state index contributed by atoms with van der Waals surface area (Å²) in [5.74, 6) is -1.23. The molecule has 0 aliphatic heterocycles. The predicted octanol–water partition coefficient (Wildman–Crippen LogP) is 4.47. The molecule has 31 heavy (non-hydrogen) atoms. The van der Waals surface area contributed by atoms with Crippen molar-refractivity contribution in [1.82, 2.24) is 10.5 Å². The van der Waals surface area contributed by atoms with Crippen molar-refractivity contribution in [1.29, 1.82) is 0 Å². The summed E-state index contributed by atoms with van der Waals surface area (Å²) in [5.41, 5.74) is 4.79. The molecule has 1 amide bonds. The second-order valence-corrected chi connectivity index (χ2v) is 7.27. The Morgan fingerprint density at radius 3 is 2.13 bits per heavy atom. The Hall–Kier alpha value is -4.00. The zero-order valence-corrected chi connectivity index (χ0v) is 16.5. The maximum Gasteiger partial charge on any atom is 0.407 e. The summed E-state index contributed by atoms with van der Waals surface area (Å²) in [6, 6.07) is 21.3. The number of amides is 1. The molecular formula is C24H20N2O5+. The third kappa shape index (κ3) is 4.16. The van der Waals surface area contributed by atoms with Crippen LogP contribution in [0.1, 0.15) is 35.1 Å². The van der Waals surface area contributed by atoms with Gasteiger partial charge < -0.3 is 15.2 Å². The van der Waals surface area contributed by atoms with E-state index in [0.29, 0.717) is 5.56 Å². The molecule has 0 fully saturated rings. The van der Waals surface area contributed by atoms with Gasteiger partial charge in [0.15, 0.2) is 0 Å². The van der Waals surface area contributed by atoms with Gasteiger partial charge in [-0.25, -0.2) is 4.79 Å². The highest BCUT2D eigenvalue weighted by Gasteiger charge is 2.30. The van der Waals surface area contributed by atoms with Crippen LogP contribution in [0.3, 0.4) is 0 Å². The van der Waals surface area contributed by atoms with E-state index in [0.717, 1.165) is 22.3 Å². The first-order valence-corrected chi connectivity index (χ1v) is 9.84. The lowest BCUT2D eigenvalue weighted by molar-refractivity contribution is -0.137. The molecule has 155 valence electrons. The van der Waals surface area contributed by atoms with Crippen molar-refractivity contribution in [3.63, 3.8) is 0 Å². The largest absolute Gasteiger partial charge is 0.481 e. The number of ether oxygens (including phenoxy) is 1. The molecule has 3 aromatic rings. The molecule has 0 aromatic heterocycles. The van der Waals surface area contributed by atoms with Crippen LogP contribution in [0.5, 0.6) is 0 Å². The number of nitrogens with zero attached hydrogens (tertiary/aromatic N) is 1. The lowest BCUT2D eigenvalue weighted by Gasteiger charge is -2.18. The first kappa shape index (κ1) is 20.3. The van der Waals surface area contributed by atoms with E-state index in [1.54, 1.807) is 18.2 Å². The van der Waals surface area contributed by atoms with Crippen molar-refractivity contribution < 1.29 is 19.4 Å². The molecule has 1 aliphatic rings. The number of fused-ring (bicyclic) bond motifs is 3. The molecule has 0 unspecified atom stereocenters. The number of aliphatic carboxylic acids is 1. The molecule has 0 saturated carbocycles. The summed E-state index contributed by atoms with van der Waals surface area (Å²) in [4.78, 5) is 35.0. The van der Waals surface area contributed by atoms with E-state index in [1.165, 1.54) is 6.07 Å². The SMILES string of the molecule is O=[N+]c1ccccc1[C@@H](CC(=O)O)NC(=O)OCC1c2ccccc2-c2ccccc21. The van der Waals surface area contributed by atoms with E-state index in [1.807, 2.05) is 48.5 Å². The van der Waals surface area contributed by atoms with Gasteiger partial charge in [-0.2, -0.15) is 0 Å². The first-order chi connectivity index (χ1) is 15.1. The van der Waals surface area contributed by atoms with E-state index in [9.17, 15) is 19.6 Å². The van der Waals surface area contributed by atoms with Gasteiger partial charge in [0.25, 0.3) is 0 Å². The standard InChI is InChI=1S/C24H20N2O5/c27-23(28)13-22(19-11-5-6-12-21(19)26-30)25-24(29)31-14-20-17-9-3-1-7-15(17)16-8-2-4-10-18(16)20/h1-12,20,22H,13-14H2,(H,25,29)(H,27,28)/q+1/t22-/m1/s1. The zero-order chi connectivity index (χ0) is 21.8. The fourth-order valence-electron chi connectivity index (χ4n) is 4.06. The summed E-state index contributed by atoms with van der Waals surface area (Å²) in [5, 5.41) is 14.7. The average Bonchev–Trinajstić information content (AvgIpc) is 3.11. The molecular weight excluding hydrogens is 396 g/mol. The molecule has 1 radical (unpaired) electrons. The van der Waals surface area contributed by atoms with Gasteiger partial charge in [0.05, 0.1) is 18.0 Å². The van der Waals surface area contributed by atoms with E-state index >= 15 is 0 Å². The Labute approximate surface area is 178 Å². The maximum absolute atomic E-state index is 12.6. The number of alkyl carbamates (subject to hydrolysis) is 1. The highest BCUT2D eigenvalue weighted by Crippen LogP contribution is 2.44. The van der Waals surface area contributed by atoms with Crippen molar-refractivity contribution in [3.05, 3.63) is 94.4 Å². The van der Waals surface area contributed by atoms with Crippen molar-refractivity contribution in [2.45, 2.75) is 18.4 Å². The van der Waals surface area contributed by atoms with Gasteiger partial charge in [-0.3, -0.25) is 4.79 Å². The van der Waals surface area contributed by atoms with E-state index in [4.69, 9.17) is 4.74 Å². The third-order valence-corrected chi connectivity index (χ3v) is 5.43. The Morgan fingerprint density at radius 1 is 0.935 bits per heavy atom. The number of benzene rings is 3. The van der Waals surface area contributed by atoms with Crippen LogP contribution in [0.4, 0.5) is 10.5 Å². The van der Waals surface area contributed by atoms with Gasteiger partial charge in [0.1, 0.15) is 11.5 Å². The maximum atomic E-state index is 12.6. The molecule has 7 heteroatoms. The smallest absolute Gasteiger partial charge is 0.407 e. The predicted molar refractivity (Wildman–Crippen MR) is 115 cm³/mol. The highest BCUT2D eigenvalue weighted by atomic mass is 16.5. The molecule has 1 atom stereocenters. The topological polar surface area (TPSA) is 107 Å². The highest BCUT2D eigenvalue weighted by molar-refractivity contribution is 5.79. The number of carboxylic acids is 1. The monoisotopic (exact) mass is 416 g/mol. The lowest BCUT2D eigenvalue weighted by atomic mass is 9.98. The van der Waals surface area contributed by atoms with Gasteiger partial charge in [-0.15, -0.1) is 0 Å². The number of rotatable bonds is 7. The molecule has 4 rings (SSSR count). The van der Waals surface area contributed by atoms with Crippen LogP contribution >= 0.6 is 0 Å². The number of carbonyl (C=O) groups excluding carboxylic acids is 1. The van der Waals surface area contributed by atoms with Crippen molar-refractivity contribution in [2.24, 2.45) is 0 Å². The minimum Gasteiger partial charge on any atom is -0.481 e. The van der Waals surface area contributed by atoms with E-state index in [2.05, 4.69) is 10.5 Å². The molecule has 0 bridgehead atoms.